The van der Waals surface area contributed by atoms with Gasteiger partial charge < -0.3 is 27.1 Å². The molecule has 33 heavy (non-hydrogen) atoms. The summed E-state index contributed by atoms with van der Waals surface area (Å²) in [5, 5.41) is 7.72. The molecule has 2 saturated heterocycles. The molecule has 3 heterocycles. The second kappa shape index (κ2) is 10.8. The second-order valence-electron chi connectivity index (χ2n) is 13.6. The number of aromatic nitrogens is 1. The van der Waals surface area contributed by atoms with Crippen molar-refractivity contribution in [2.45, 2.75) is 134 Å². The molecular weight excluding hydrogens is 406 g/mol. The van der Waals surface area contributed by atoms with Crippen LogP contribution in [-0.2, 0) is 0 Å². The molecule has 2 fully saturated rings. The second-order valence-corrected chi connectivity index (χ2v) is 13.6. The largest absolute Gasteiger partial charge is 0.368 e. The third-order valence-electron chi connectivity index (χ3n) is 7.71. The summed E-state index contributed by atoms with van der Waals surface area (Å²) >= 11 is 0. The van der Waals surface area contributed by atoms with E-state index in [0.717, 1.165) is 45.1 Å². The van der Waals surface area contributed by atoms with E-state index in [4.69, 9.17) is 11.5 Å². The highest BCUT2D eigenvalue weighted by atomic mass is 15.1. The fraction of sp³-hybridized carbons (Fsp3) is 0.857. The fourth-order valence-corrected chi connectivity index (χ4v) is 7.18. The molecule has 5 heteroatoms. The van der Waals surface area contributed by atoms with Crippen LogP contribution < -0.4 is 22.1 Å². The van der Waals surface area contributed by atoms with E-state index in [1.54, 1.807) is 0 Å². The fourth-order valence-electron chi connectivity index (χ4n) is 7.18. The van der Waals surface area contributed by atoms with Gasteiger partial charge in [-0.3, -0.25) is 0 Å². The molecule has 0 radical (unpaired) electrons. The van der Waals surface area contributed by atoms with Gasteiger partial charge in [-0.05, 0) is 124 Å². The van der Waals surface area contributed by atoms with Crippen molar-refractivity contribution >= 4 is 0 Å². The van der Waals surface area contributed by atoms with Gasteiger partial charge in [-0.25, -0.2) is 0 Å². The lowest BCUT2D eigenvalue weighted by Crippen LogP contribution is -2.68. The molecule has 5 nitrogen and oxygen atoms in total. The summed E-state index contributed by atoms with van der Waals surface area (Å²) in [5.41, 5.74) is 13.7. The topological polar surface area (TPSA) is 91.9 Å². The van der Waals surface area contributed by atoms with Crippen LogP contribution in [0.2, 0.25) is 0 Å². The molecule has 0 amide bonds. The average Bonchev–Trinajstić information content (AvgIpc) is 3.20. The van der Waals surface area contributed by atoms with E-state index in [0.29, 0.717) is 11.8 Å². The highest BCUT2D eigenvalue weighted by molar-refractivity contribution is 5.11. The molecular formula is C28H55N5. The Morgan fingerprint density at radius 2 is 1.09 bits per heavy atom. The van der Waals surface area contributed by atoms with Crippen LogP contribution in [0.3, 0.4) is 0 Å². The van der Waals surface area contributed by atoms with Crippen LogP contribution in [0.15, 0.2) is 24.5 Å². The Morgan fingerprint density at radius 3 is 1.39 bits per heavy atom. The first-order valence-electron chi connectivity index (χ1n) is 13.3. The molecule has 1 aromatic rings. The predicted molar refractivity (Wildman–Crippen MR) is 143 cm³/mol. The van der Waals surface area contributed by atoms with Gasteiger partial charge in [0.2, 0.25) is 0 Å². The molecule has 0 saturated carbocycles. The lowest BCUT2D eigenvalue weighted by Gasteiger charge is -2.58. The minimum atomic E-state index is -0.109. The minimum absolute atomic E-state index is 0.109. The van der Waals surface area contributed by atoms with E-state index in [9.17, 15) is 0 Å². The Kier molecular flexibility index (Phi) is 9.28. The molecule has 0 aliphatic carbocycles. The van der Waals surface area contributed by atoms with E-state index in [-0.39, 0.29) is 27.7 Å². The first-order chi connectivity index (χ1) is 15.1. The Morgan fingerprint density at radius 1 is 0.697 bits per heavy atom. The maximum absolute atomic E-state index is 7.53. The lowest BCUT2D eigenvalue weighted by molar-refractivity contribution is 0.000688. The van der Waals surface area contributed by atoms with Gasteiger partial charge in [0.1, 0.15) is 0 Å². The van der Waals surface area contributed by atoms with Crippen molar-refractivity contribution in [1.82, 2.24) is 15.6 Å². The van der Waals surface area contributed by atoms with Gasteiger partial charge in [0.05, 0.1) is 0 Å². The molecule has 3 rings (SSSR count). The number of hydrogen-bond acceptors (Lipinski definition) is 4. The molecule has 2 aliphatic rings. The quantitative estimate of drug-likeness (QED) is 0.355. The van der Waals surface area contributed by atoms with Gasteiger partial charge in [0.25, 0.3) is 0 Å². The zero-order chi connectivity index (χ0) is 25.0. The molecule has 0 spiro atoms. The summed E-state index contributed by atoms with van der Waals surface area (Å²) in [5.74, 6) is 1.10. The van der Waals surface area contributed by atoms with E-state index >= 15 is 0 Å². The summed E-state index contributed by atoms with van der Waals surface area (Å²) in [6.07, 6.45) is 13.0. The van der Waals surface area contributed by atoms with Crippen molar-refractivity contribution in [3.8, 4) is 0 Å². The number of unbranched alkanes of at least 4 members (excludes halogenated alkanes) is 2. The Bertz CT molecular complexity index is 602. The van der Waals surface area contributed by atoms with Gasteiger partial charge in [-0.1, -0.05) is 12.8 Å². The van der Waals surface area contributed by atoms with Crippen LogP contribution in [0.5, 0.6) is 0 Å². The molecule has 7 N–H and O–H groups in total. The monoisotopic (exact) mass is 461 g/mol. The first kappa shape index (κ1) is 28.4. The Labute approximate surface area is 204 Å². The van der Waals surface area contributed by atoms with Gasteiger partial charge >= 0.3 is 0 Å². The smallest absolute Gasteiger partial charge is 0.0214 e. The van der Waals surface area contributed by atoms with Crippen molar-refractivity contribution in [2.75, 3.05) is 6.54 Å². The highest BCUT2D eigenvalue weighted by Crippen LogP contribution is 2.48. The van der Waals surface area contributed by atoms with E-state index < -0.39 is 0 Å². The summed E-state index contributed by atoms with van der Waals surface area (Å²) in [7, 11) is 0. The van der Waals surface area contributed by atoms with Gasteiger partial charge in [-0.15, -0.1) is 0 Å². The minimum Gasteiger partial charge on any atom is -0.368 e. The standard InChI is InChI=1S/C24H50N4.C4H5N/c1-20(2)14-18(15-21(3,4)27-20)24(26,12-10-9-11-13-25)19-16-22(5,6)28-23(7,8)17-19;1-2-4-5-3-1/h18-19,27-28H,9-17,25-26H2,1-8H3;1-5H. The van der Waals surface area contributed by atoms with E-state index in [1.807, 2.05) is 24.5 Å². The molecule has 1 aromatic heterocycles. The number of aromatic amines is 1. The van der Waals surface area contributed by atoms with Gasteiger partial charge in [0.15, 0.2) is 0 Å². The van der Waals surface area contributed by atoms with E-state index in [2.05, 4.69) is 71.0 Å². The molecule has 0 unspecified atom stereocenters. The Hall–Kier alpha value is -0.880. The highest BCUT2D eigenvalue weighted by Gasteiger charge is 2.52. The SMILES string of the molecule is CC1(C)CC(C(N)(CCCCCN)C2CC(C)(C)NC(C)(C)C2)CC(C)(C)N1.c1cc[nH]c1. The number of nitrogens with two attached hydrogens (primary N) is 2. The lowest BCUT2D eigenvalue weighted by atomic mass is 9.57. The average molecular weight is 462 g/mol. The maximum atomic E-state index is 7.53. The van der Waals surface area contributed by atoms with Crippen LogP contribution in [0.25, 0.3) is 0 Å². The third-order valence-corrected chi connectivity index (χ3v) is 7.71. The van der Waals surface area contributed by atoms with Crippen LogP contribution in [0, 0.1) is 11.8 Å². The molecule has 0 atom stereocenters. The van der Waals surface area contributed by atoms with Crippen LogP contribution in [-0.4, -0.2) is 39.2 Å². The number of nitrogens with one attached hydrogen (secondary N) is 3. The maximum Gasteiger partial charge on any atom is 0.0214 e. The van der Waals surface area contributed by atoms with Gasteiger partial charge in [0, 0.05) is 40.1 Å². The van der Waals surface area contributed by atoms with Crippen molar-refractivity contribution in [1.29, 1.82) is 0 Å². The molecule has 0 bridgehead atoms. The first-order valence-corrected chi connectivity index (χ1v) is 13.3. The Balaban J connectivity index is 0.000000678. The van der Waals surface area contributed by atoms with Crippen molar-refractivity contribution in [2.24, 2.45) is 23.3 Å². The predicted octanol–water partition coefficient (Wildman–Crippen LogP) is 5.33. The zero-order valence-corrected chi connectivity index (χ0v) is 23.0. The van der Waals surface area contributed by atoms with Crippen LogP contribution in [0.4, 0.5) is 0 Å². The van der Waals surface area contributed by atoms with Crippen molar-refractivity contribution < 1.29 is 0 Å². The van der Waals surface area contributed by atoms with Crippen molar-refractivity contribution in [3.63, 3.8) is 0 Å². The third kappa shape index (κ3) is 8.69. The molecule has 192 valence electrons. The summed E-state index contributed by atoms with van der Waals surface area (Å²) in [4.78, 5) is 2.86. The number of H-pyrrole nitrogens is 1. The zero-order valence-electron chi connectivity index (χ0n) is 23.0. The summed E-state index contributed by atoms with van der Waals surface area (Å²) in [6.45, 7) is 19.6. The number of rotatable bonds is 7. The van der Waals surface area contributed by atoms with Crippen LogP contribution in [0.1, 0.15) is 107 Å². The van der Waals surface area contributed by atoms with Crippen molar-refractivity contribution in [3.05, 3.63) is 24.5 Å². The summed E-state index contributed by atoms with van der Waals surface area (Å²) in [6, 6.07) is 3.89. The normalized spacial score (nSPS) is 24.7. The number of piperidine rings is 2. The summed E-state index contributed by atoms with van der Waals surface area (Å²) < 4.78 is 0. The van der Waals surface area contributed by atoms with E-state index in [1.165, 1.54) is 12.8 Å². The number of hydrogen-bond donors (Lipinski definition) is 5. The van der Waals surface area contributed by atoms with Gasteiger partial charge in [-0.2, -0.15) is 0 Å². The molecule has 0 aromatic carbocycles. The van der Waals surface area contributed by atoms with Crippen LogP contribution >= 0.6 is 0 Å². The molecule has 2 aliphatic heterocycles.